The Kier molecular flexibility index (Phi) is 2.02. The number of rotatable bonds is 1. The summed E-state index contributed by atoms with van der Waals surface area (Å²) in [5.41, 5.74) is 6.88. The van der Waals surface area contributed by atoms with Crippen LogP contribution in [0.15, 0.2) is 18.2 Å². The van der Waals surface area contributed by atoms with Crippen LogP contribution in [-0.4, -0.2) is 11.1 Å². The van der Waals surface area contributed by atoms with Gasteiger partial charge in [0, 0.05) is 22.5 Å². The second-order valence-corrected chi connectivity index (χ2v) is 4.96. The van der Waals surface area contributed by atoms with Crippen molar-refractivity contribution < 1.29 is 5.11 Å². The number of halogens is 1. The quantitative estimate of drug-likeness (QED) is 0.750. The lowest BCUT2D eigenvalue weighted by molar-refractivity contribution is 0.464. The maximum atomic E-state index is 9.68. The van der Waals surface area contributed by atoms with Gasteiger partial charge < -0.3 is 10.8 Å². The second-order valence-electron chi connectivity index (χ2n) is 4.53. The average Bonchev–Trinajstić information content (AvgIpc) is 2.58. The van der Waals surface area contributed by atoms with E-state index in [0.717, 1.165) is 5.56 Å². The van der Waals surface area contributed by atoms with Crippen LogP contribution in [0.4, 0.5) is 0 Å². The maximum absolute atomic E-state index is 9.68. The van der Waals surface area contributed by atoms with E-state index in [0.29, 0.717) is 10.8 Å². The van der Waals surface area contributed by atoms with E-state index >= 15 is 0 Å². The molecule has 0 aliphatic heterocycles. The van der Waals surface area contributed by atoms with Gasteiger partial charge in [-0.15, -0.1) is 0 Å². The van der Waals surface area contributed by atoms with Gasteiger partial charge in [-0.25, -0.2) is 0 Å². The van der Waals surface area contributed by atoms with Crippen molar-refractivity contribution in [2.75, 3.05) is 0 Å². The standard InChI is InChI=1S/C11H14ClNO/c1-11(2)9(10(11)13)7-5-6(12)3-4-8(7)14/h3-5,9-10,14H,13H2,1-2H3/t9-,10-/m0/s1. The molecule has 1 fully saturated rings. The van der Waals surface area contributed by atoms with E-state index in [4.69, 9.17) is 17.3 Å². The minimum absolute atomic E-state index is 0.0716. The number of hydrogen-bond donors (Lipinski definition) is 2. The number of aromatic hydroxyl groups is 1. The molecule has 0 aromatic heterocycles. The fourth-order valence-electron chi connectivity index (χ4n) is 2.05. The molecule has 2 nitrogen and oxygen atoms in total. The summed E-state index contributed by atoms with van der Waals surface area (Å²) in [7, 11) is 0. The highest BCUT2D eigenvalue weighted by Crippen LogP contribution is 2.59. The van der Waals surface area contributed by atoms with Crippen LogP contribution >= 0.6 is 11.6 Å². The summed E-state index contributed by atoms with van der Waals surface area (Å²) in [6.07, 6.45) is 0. The topological polar surface area (TPSA) is 46.2 Å². The molecule has 0 saturated heterocycles. The van der Waals surface area contributed by atoms with Crippen LogP contribution < -0.4 is 5.73 Å². The molecule has 14 heavy (non-hydrogen) atoms. The van der Waals surface area contributed by atoms with Crippen LogP contribution in [0.1, 0.15) is 25.3 Å². The van der Waals surface area contributed by atoms with Gasteiger partial charge >= 0.3 is 0 Å². The Balaban J connectivity index is 2.39. The Morgan fingerprint density at radius 2 is 2.00 bits per heavy atom. The van der Waals surface area contributed by atoms with Gasteiger partial charge in [-0.2, -0.15) is 0 Å². The van der Waals surface area contributed by atoms with E-state index in [2.05, 4.69) is 13.8 Å². The molecule has 1 saturated carbocycles. The number of benzene rings is 1. The molecule has 0 radical (unpaired) electrons. The van der Waals surface area contributed by atoms with Crippen LogP contribution in [0.2, 0.25) is 5.02 Å². The smallest absolute Gasteiger partial charge is 0.119 e. The van der Waals surface area contributed by atoms with Crippen molar-refractivity contribution in [1.82, 2.24) is 0 Å². The lowest BCUT2D eigenvalue weighted by atomic mass is 10.0. The molecule has 0 heterocycles. The van der Waals surface area contributed by atoms with Crippen LogP contribution in [0, 0.1) is 5.41 Å². The molecule has 0 amide bonds. The van der Waals surface area contributed by atoms with Gasteiger partial charge in [0.05, 0.1) is 0 Å². The summed E-state index contributed by atoms with van der Waals surface area (Å²) in [5, 5.41) is 10.3. The molecule has 1 aliphatic carbocycles. The Morgan fingerprint density at radius 1 is 1.43 bits per heavy atom. The first-order valence-corrected chi connectivity index (χ1v) is 5.06. The van der Waals surface area contributed by atoms with E-state index in [1.807, 2.05) is 0 Å². The van der Waals surface area contributed by atoms with Crippen molar-refractivity contribution in [3.05, 3.63) is 28.8 Å². The molecule has 2 atom stereocenters. The number of phenolic OH excluding ortho intramolecular Hbond substituents is 1. The van der Waals surface area contributed by atoms with Crippen LogP contribution in [0.3, 0.4) is 0 Å². The minimum Gasteiger partial charge on any atom is -0.508 e. The summed E-state index contributed by atoms with van der Waals surface area (Å²) in [5.74, 6) is 0.515. The van der Waals surface area contributed by atoms with Gasteiger partial charge in [0.15, 0.2) is 0 Å². The molecule has 76 valence electrons. The maximum Gasteiger partial charge on any atom is 0.119 e. The van der Waals surface area contributed by atoms with Crippen molar-refractivity contribution in [3.8, 4) is 5.75 Å². The number of phenols is 1. The first kappa shape index (κ1) is 9.81. The molecular weight excluding hydrogens is 198 g/mol. The zero-order valence-electron chi connectivity index (χ0n) is 8.29. The van der Waals surface area contributed by atoms with Crippen molar-refractivity contribution in [1.29, 1.82) is 0 Å². The van der Waals surface area contributed by atoms with Gasteiger partial charge in [0.2, 0.25) is 0 Å². The molecule has 0 unspecified atom stereocenters. The molecule has 1 aromatic rings. The van der Waals surface area contributed by atoms with Gasteiger partial charge in [0.25, 0.3) is 0 Å². The van der Waals surface area contributed by atoms with Gasteiger partial charge in [0.1, 0.15) is 5.75 Å². The Hall–Kier alpha value is -0.730. The predicted octanol–water partition coefficient (Wildman–Crippen LogP) is 2.50. The third-order valence-electron chi connectivity index (χ3n) is 3.24. The molecule has 2 rings (SSSR count). The fraction of sp³-hybridized carbons (Fsp3) is 0.455. The lowest BCUT2D eigenvalue weighted by Crippen LogP contribution is -2.06. The summed E-state index contributed by atoms with van der Waals surface area (Å²) >= 11 is 5.88. The third kappa shape index (κ3) is 1.30. The van der Waals surface area contributed by atoms with Gasteiger partial charge in [-0.1, -0.05) is 25.4 Å². The Labute approximate surface area is 88.7 Å². The Morgan fingerprint density at radius 3 is 2.50 bits per heavy atom. The number of nitrogens with two attached hydrogens (primary N) is 1. The van der Waals surface area contributed by atoms with Gasteiger partial charge in [-0.05, 0) is 23.6 Å². The molecule has 3 N–H and O–H groups in total. The van der Waals surface area contributed by atoms with E-state index < -0.39 is 0 Å². The first-order valence-electron chi connectivity index (χ1n) is 4.68. The monoisotopic (exact) mass is 211 g/mol. The summed E-state index contributed by atoms with van der Waals surface area (Å²) in [4.78, 5) is 0. The van der Waals surface area contributed by atoms with Crippen molar-refractivity contribution >= 4 is 11.6 Å². The second kappa shape index (κ2) is 2.88. The molecule has 0 bridgehead atoms. The van der Waals surface area contributed by atoms with E-state index in [-0.39, 0.29) is 17.4 Å². The molecular formula is C11H14ClNO. The third-order valence-corrected chi connectivity index (χ3v) is 3.47. The SMILES string of the molecule is CC1(C)[C@@H](N)[C@@H]1c1cc(Cl)ccc1O. The zero-order chi connectivity index (χ0) is 10.5. The van der Waals surface area contributed by atoms with Crippen molar-refractivity contribution in [3.63, 3.8) is 0 Å². The van der Waals surface area contributed by atoms with Crippen molar-refractivity contribution in [2.24, 2.45) is 11.1 Å². The average molecular weight is 212 g/mol. The highest BCUT2D eigenvalue weighted by molar-refractivity contribution is 6.30. The van der Waals surface area contributed by atoms with Crippen LogP contribution in [-0.2, 0) is 0 Å². The highest BCUT2D eigenvalue weighted by Gasteiger charge is 2.57. The van der Waals surface area contributed by atoms with Crippen molar-refractivity contribution in [2.45, 2.75) is 25.8 Å². The van der Waals surface area contributed by atoms with E-state index in [9.17, 15) is 5.11 Å². The zero-order valence-corrected chi connectivity index (χ0v) is 9.05. The molecule has 1 aliphatic rings. The lowest BCUT2D eigenvalue weighted by Gasteiger charge is -2.05. The van der Waals surface area contributed by atoms with E-state index in [1.165, 1.54) is 0 Å². The van der Waals surface area contributed by atoms with Gasteiger partial charge in [-0.3, -0.25) is 0 Å². The summed E-state index contributed by atoms with van der Waals surface area (Å²) in [6.45, 7) is 4.20. The van der Waals surface area contributed by atoms with Crippen LogP contribution in [0.25, 0.3) is 0 Å². The normalized spacial score (nSPS) is 28.9. The molecule has 1 aromatic carbocycles. The Bertz CT molecular complexity index is 376. The van der Waals surface area contributed by atoms with Crippen LogP contribution in [0.5, 0.6) is 5.75 Å². The fourth-order valence-corrected chi connectivity index (χ4v) is 2.23. The molecule has 0 spiro atoms. The minimum atomic E-state index is 0.0716. The largest absolute Gasteiger partial charge is 0.508 e. The first-order chi connectivity index (χ1) is 6.44. The molecule has 3 heteroatoms. The van der Waals surface area contributed by atoms with E-state index in [1.54, 1.807) is 18.2 Å². The predicted molar refractivity (Wildman–Crippen MR) is 57.6 cm³/mol. The number of hydrogen-bond acceptors (Lipinski definition) is 2. The summed E-state index contributed by atoms with van der Waals surface area (Å²) < 4.78 is 0. The summed E-state index contributed by atoms with van der Waals surface area (Å²) in [6, 6.07) is 5.22. The highest BCUT2D eigenvalue weighted by atomic mass is 35.5.